The average Bonchev–Trinajstić information content (AvgIpc) is 2.87. The fourth-order valence-electron chi connectivity index (χ4n) is 2.14. The van der Waals surface area contributed by atoms with Crippen LogP contribution < -0.4 is 5.32 Å². The minimum Gasteiger partial charge on any atom is -0.455 e. The van der Waals surface area contributed by atoms with Crippen LogP contribution in [0.3, 0.4) is 0 Å². The molecule has 1 heterocycles. The number of benzene rings is 1. The largest absolute Gasteiger partial charge is 0.455 e. The van der Waals surface area contributed by atoms with Gasteiger partial charge in [-0.25, -0.2) is 8.42 Å². The van der Waals surface area contributed by atoms with E-state index in [0.29, 0.717) is 0 Å². The molecular formula is C13H13ClN2O7S. The molecule has 2 rings (SSSR count). The standard InChI is InChI=1S/C13H13ClN2O7S/c14-10-5-9(16(19)20)1-2-11(10)15-12(17)6-23-13(18)8-3-4-24(21,22)7-8/h1-2,5,8H,3-4,6-7H2,(H,15,17). The predicted molar refractivity (Wildman–Crippen MR) is 84.5 cm³/mol. The minimum absolute atomic E-state index is 0.0363. The number of anilines is 1. The third-order valence-corrected chi connectivity index (χ3v) is 5.43. The van der Waals surface area contributed by atoms with Crippen molar-refractivity contribution in [3.8, 4) is 0 Å². The van der Waals surface area contributed by atoms with Crippen molar-refractivity contribution in [2.75, 3.05) is 23.4 Å². The van der Waals surface area contributed by atoms with Gasteiger partial charge in [-0.1, -0.05) is 11.6 Å². The smallest absolute Gasteiger partial charge is 0.310 e. The molecule has 11 heteroatoms. The molecule has 130 valence electrons. The maximum Gasteiger partial charge on any atom is 0.310 e. The first kappa shape index (κ1) is 18.1. The Labute approximate surface area is 142 Å². The van der Waals surface area contributed by atoms with Gasteiger partial charge in [-0.15, -0.1) is 0 Å². The van der Waals surface area contributed by atoms with Crippen molar-refractivity contribution in [2.45, 2.75) is 6.42 Å². The summed E-state index contributed by atoms with van der Waals surface area (Å²) in [7, 11) is -3.22. The molecule has 1 aliphatic rings. The van der Waals surface area contributed by atoms with Gasteiger partial charge >= 0.3 is 5.97 Å². The number of carbonyl (C=O) groups excluding carboxylic acids is 2. The Bertz CT molecular complexity index is 794. The Balaban J connectivity index is 1.87. The third-order valence-electron chi connectivity index (χ3n) is 3.35. The highest BCUT2D eigenvalue weighted by Gasteiger charge is 2.34. The molecule has 0 bridgehead atoms. The normalized spacial score (nSPS) is 18.8. The number of amides is 1. The van der Waals surface area contributed by atoms with Crippen LogP contribution in [0.25, 0.3) is 0 Å². The number of nitro groups is 1. The van der Waals surface area contributed by atoms with Gasteiger partial charge in [0, 0.05) is 12.1 Å². The number of halogens is 1. The SMILES string of the molecule is O=C(COC(=O)C1CCS(=O)(=O)C1)Nc1ccc([N+](=O)[O-])cc1Cl. The number of non-ortho nitro benzene ring substituents is 1. The van der Waals surface area contributed by atoms with E-state index in [4.69, 9.17) is 16.3 Å². The Morgan fingerprint density at radius 2 is 2.12 bits per heavy atom. The quantitative estimate of drug-likeness (QED) is 0.463. The van der Waals surface area contributed by atoms with Crippen LogP contribution in [0, 0.1) is 16.0 Å². The lowest BCUT2D eigenvalue weighted by Gasteiger charge is -2.10. The second kappa shape index (κ2) is 7.14. The van der Waals surface area contributed by atoms with Gasteiger partial charge in [-0.05, 0) is 12.5 Å². The second-order valence-corrected chi connectivity index (χ2v) is 7.81. The number of ether oxygens (including phenoxy) is 1. The second-order valence-electron chi connectivity index (χ2n) is 5.18. The molecule has 1 N–H and O–H groups in total. The summed E-state index contributed by atoms with van der Waals surface area (Å²) in [5, 5.41) is 12.9. The number of carbonyl (C=O) groups is 2. The summed E-state index contributed by atoms with van der Waals surface area (Å²) >= 11 is 5.82. The van der Waals surface area contributed by atoms with Gasteiger partial charge < -0.3 is 10.1 Å². The van der Waals surface area contributed by atoms with E-state index in [-0.39, 0.29) is 34.3 Å². The molecule has 1 saturated heterocycles. The average molecular weight is 377 g/mol. The molecule has 0 radical (unpaired) electrons. The lowest BCUT2D eigenvalue weighted by atomic mass is 10.1. The molecule has 9 nitrogen and oxygen atoms in total. The molecule has 1 amide bonds. The van der Waals surface area contributed by atoms with E-state index in [0.717, 1.165) is 12.1 Å². The first-order chi connectivity index (χ1) is 11.2. The van der Waals surface area contributed by atoms with Crippen LogP contribution in [0.1, 0.15) is 6.42 Å². The van der Waals surface area contributed by atoms with E-state index < -0.39 is 39.2 Å². The predicted octanol–water partition coefficient (Wildman–Crippen LogP) is 1.16. The van der Waals surface area contributed by atoms with E-state index >= 15 is 0 Å². The van der Waals surface area contributed by atoms with Crippen LogP contribution >= 0.6 is 11.6 Å². The lowest BCUT2D eigenvalue weighted by Crippen LogP contribution is -2.25. The van der Waals surface area contributed by atoms with Crippen molar-refractivity contribution in [2.24, 2.45) is 5.92 Å². The molecule has 1 unspecified atom stereocenters. The molecule has 0 spiro atoms. The molecule has 0 aromatic heterocycles. The maximum absolute atomic E-state index is 11.7. The van der Waals surface area contributed by atoms with Crippen LogP contribution in [0.5, 0.6) is 0 Å². The van der Waals surface area contributed by atoms with Gasteiger partial charge in [-0.2, -0.15) is 0 Å². The van der Waals surface area contributed by atoms with Crippen molar-refractivity contribution in [3.05, 3.63) is 33.3 Å². The van der Waals surface area contributed by atoms with E-state index in [2.05, 4.69) is 5.32 Å². The summed E-state index contributed by atoms with van der Waals surface area (Å²) in [4.78, 5) is 33.4. The van der Waals surface area contributed by atoms with Gasteiger partial charge in [0.05, 0.1) is 33.1 Å². The van der Waals surface area contributed by atoms with Gasteiger partial charge in [0.1, 0.15) is 0 Å². The summed E-state index contributed by atoms with van der Waals surface area (Å²) in [5.41, 5.74) is -0.0985. The van der Waals surface area contributed by atoms with Crippen LogP contribution in [-0.2, 0) is 24.2 Å². The van der Waals surface area contributed by atoms with Crippen LogP contribution in [-0.4, -0.2) is 43.3 Å². The number of nitro benzene ring substituents is 1. The Morgan fingerprint density at radius 3 is 2.67 bits per heavy atom. The zero-order chi connectivity index (χ0) is 17.9. The van der Waals surface area contributed by atoms with E-state index in [1.54, 1.807) is 0 Å². The van der Waals surface area contributed by atoms with Gasteiger partial charge in [0.2, 0.25) is 0 Å². The first-order valence-electron chi connectivity index (χ1n) is 6.79. The van der Waals surface area contributed by atoms with E-state index in [9.17, 15) is 28.1 Å². The molecule has 0 saturated carbocycles. The lowest BCUT2D eigenvalue weighted by molar-refractivity contribution is -0.384. The van der Waals surface area contributed by atoms with E-state index in [1.165, 1.54) is 6.07 Å². The summed E-state index contributed by atoms with van der Waals surface area (Å²) in [6.07, 6.45) is 0.178. The zero-order valence-electron chi connectivity index (χ0n) is 12.2. The van der Waals surface area contributed by atoms with Crippen molar-refractivity contribution in [1.29, 1.82) is 0 Å². The number of nitrogens with one attached hydrogen (secondary N) is 1. The number of sulfone groups is 1. The fourth-order valence-corrected chi connectivity index (χ4v) is 4.09. The van der Waals surface area contributed by atoms with Crippen LogP contribution in [0.15, 0.2) is 18.2 Å². The van der Waals surface area contributed by atoms with Crippen LogP contribution in [0.4, 0.5) is 11.4 Å². The van der Waals surface area contributed by atoms with Gasteiger partial charge in [0.25, 0.3) is 11.6 Å². The number of nitrogens with zero attached hydrogens (tertiary/aromatic N) is 1. The van der Waals surface area contributed by atoms with Crippen molar-refractivity contribution in [3.63, 3.8) is 0 Å². The highest BCUT2D eigenvalue weighted by molar-refractivity contribution is 7.91. The monoisotopic (exact) mass is 376 g/mol. The van der Waals surface area contributed by atoms with Crippen LogP contribution in [0.2, 0.25) is 5.02 Å². The van der Waals surface area contributed by atoms with Crippen molar-refractivity contribution < 1.29 is 27.7 Å². The molecule has 1 aromatic rings. The molecule has 1 fully saturated rings. The number of rotatable bonds is 5. The molecule has 0 aliphatic carbocycles. The Hall–Kier alpha value is -2.20. The number of hydrogen-bond acceptors (Lipinski definition) is 7. The molecule has 24 heavy (non-hydrogen) atoms. The fraction of sp³-hybridized carbons (Fsp3) is 0.385. The third kappa shape index (κ3) is 4.65. The Kier molecular flexibility index (Phi) is 5.40. The van der Waals surface area contributed by atoms with Gasteiger partial charge in [-0.3, -0.25) is 19.7 Å². The van der Waals surface area contributed by atoms with Crippen molar-refractivity contribution >= 4 is 44.7 Å². The Morgan fingerprint density at radius 1 is 1.42 bits per heavy atom. The number of hydrogen-bond donors (Lipinski definition) is 1. The molecule has 1 aromatic carbocycles. The minimum atomic E-state index is -3.22. The molecule has 1 atom stereocenters. The molecule has 1 aliphatic heterocycles. The topological polar surface area (TPSA) is 133 Å². The summed E-state index contributed by atoms with van der Waals surface area (Å²) in [5.74, 6) is -2.55. The summed E-state index contributed by atoms with van der Waals surface area (Å²) in [6, 6.07) is 3.49. The maximum atomic E-state index is 11.7. The zero-order valence-corrected chi connectivity index (χ0v) is 13.8. The highest BCUT2D eigenvalue weighted by atomic mass is 35.5. The van der Waals surface area contributed by atoms with Gasteiger partial charge in [0.15, 0.2) is 16.4 Å². The molecular weight excluding hydrogens is 364 g/mol. The number of esters is 1. The van der Waals surface area contributed by atoms with Crippen molar-refractivity contribution in [1.82, 2.24) is 0 Å². The van der Waals surface area contributed by atoms with E-state index in [1.807, 2.05) is 0 Å². The first-order valence-corrected chi connectivity index (χ1v) is 8.99. The summed E-state index contributed by atoms with van der Waals surface area (Å²) in [6.45, 7) is -0.608. The highest BCUT2D eigenvalue weighted by Crippen LogP contribution is 2.26. The summed E-state index contributed by atoms with van der Waals surface area (Å²) < 4.78 is 27.4.